The van der Waals surface area contributed by atoms with Gasteiger partial charge in [0.05, 0.1) is 6.54 Å². The SMILES string of the molecule is CC(=O)c1ccc(NC(=O)N2CCN(C(=O)C[NH3+])[C@@H](C(=O)N[C@H]3CCCNC3=O)C2)cc1. The molecule has 172 valence electrons. The van der Waals surface area contributed by atoms with Crippen LogP contribution in [0.4, 0.5) is 10.5 Å². The van der Waals surface area contributed by atoms with Gasteiger partial charge in [0.2, 0.25) is 11.8 Å². The third kappa shape index (κ3) is 5.41. The topological polar surface area (TPSA) is 156 Å². The Morgan fingerprint density at radius 1 is 1.16 bits per heavy atom. The molecule has 3 rings (SSSR count). The Morgan fingerprint density at radius 2 is 1.88 bits per heavy atom. The second-order valence-electron chi connectivity index (χ2n) is 7.86. The van der Waals surface area contributed by atoms with E-state index in [0.29, 0.717) is 24.2 Å². The summed E-state index contributed by atoms with van der Waals surface area (Å²) in [7, 11) is 0. The Balaban J connectivity index is 1.68. The molecule has 0 saturated carbocycles. The summed E-state index contributed by atoms with van der Waals surface area (Å²) in [6.07, 6.45) is 1.27. The lowest BCUT2D eigenvalue weighted by molar-refractivity contribution is -0.357. The minimum atomic E-state index is -0.918. The molecule has 0 aliphatic carbocycles. The number of urea groups is 1. The minimum absolute atomic E-state index is 0.0106. The number of carbonyl (C=O) groups excluding carboxylic acids is 5. The van der Waals surface area contributed by atoms with Crippen molar-refractivity contribution < 1.29 is 29.7 Å². The molecule has 11 nitrogen and oxygen atoms in total. The van der Waals surface area contributed by atoms with E-state index in [1.54, 1.807) is 24.3 Å². The number of piperazine rings is 1. The van der Waals surface area contributed by atoms with Gasteiger partial charge in [-0.15, -0.1) is 0 Å². The van der Waals surface area contributed by atoms with Gasteiger partial charge in [0.1, 0.15) is 12.1 Å². The summed E-state index contributed by atoms with van der Waals surface area (Å²) in [6.45, 7) is 2.44. The van der Waals surface area contributed by atoms with E-state index in [1.807, 2.05) is 0 Å². The predicted molar refractivity (Wildman–Crippen MR) is 114 cm³/mol. The number of Topliss-reactive ketones (excluding diaryl/α,β-unsaturated/α-hetero) is 1. The van der Waals surface area contributed by atoms with Gasteiger partial charge < -0.3 is 31.5 Å². The molecule has 2 aliphatic heterocycles. The van der Waals surface area contributed by atoms with Gasteiger partial charge in [0.25, 0.3) is 5.91 Å². The van der Waals surface area contributed by atoms with E-state index < -0.39 is 24.0 Å². The third-order valence-corrected chi connectivity index (χ3v) is 5.65. The molecule has 0 unspecified atom stereocenters. The Hall–Kier alpha value is -3.47. The lowest BCUT2D eigenvalue weighted by Crippen LogP contribution is -2.67. The van der Waals surface area contributed by atoms with Crippen LogP contribution >= 0.6 is 0 Å². The van der Waals surface area contributed by atoms with Crippen molar-refractivity contribution in [1.82, 2.24) is 20.4 Å². The molecule has 0 aromatic heterocycles. The molecule has 0 spiro atoms. The molecular formula is C21H29N6O5+. The number of piperidine rings is 1. The summed E-state index contributed by atoms with van der Waals surface area (Å²) in [4.78, 5) is 64.4. The number of nitrogens with one attached hydrogen (secondary N) is 3. The zero-order valence-electron chi connectivity index (χ0n) is 18.1. The molecule has 2 atom stereocenters. The summed E-state index contributed by atoms with van der Waals surface area (Å²) in [5, 5.41) is 8.18. The maximum Gasteiger partial charge on any atom is 0.321 e. The van der Waals surface area contributed by atoms with Crippen LogP contribution in [-0.2, 0) is 14.4 Å². The van der Waals surface area contributed by atoms with E-state index >= 15 is 0 Å². The second-order valence-corrected chi connectivity index (χ2v) is 7.86. The quantitative estimate of drug-likeness (QED) is 0.409. The highest BCUT2D eigenvalue weighted by Crippen LogP contribution is 2.15. The average Bonchev–Trinajstić information content (AvgIpc) is 2.80. The van der Waals surface area contributed by atoms with Gasteiger partial charge in [0.15, 0.2) is 12.3 Å². The maximum atomic E-state index is 13.0. The number of ketones is 1. The highest BCUT2D eigenvalue weighted by atomic mass is 16.2. The van der Waals surface area contributed by atoms with Crippen LogP contribution in [0.3, 0.4) is 0 Å². The van der Waals surface area contributed by atoms with Gasteiger partial charge in [-0.1, -0.05) is 0 Å². The number of nitrogens with zero attached hydrogens (tertiary/aromatic N) is 2. The van der Waals surface area contributed by atoms with Crippen LogP contribution < -0.4 is 21.7 Å². The van der Waals surface area contributed by atoms with E-state index in [1.165, 1.54) is 16.7 Å². The van der Waals surface area contributed by atoms with Crippen molar-refractivity contribution in [3.05, 3.63) is 29.8 Å². The molecule has 0 bridgehead atoms. The number of hydrogen-bond acceptors (Lipinski definition) is 5. The Bertz CT molecular complexity index is 902. The van der Waals surface area contributed by atoms with Crippen LogP contribution in [0.15, 0.2) is 24.3 Å². The molecule has 11 heteroatoms. The van der Waals surface area contributed by atoms with Gasteiger partial charge in [-0.2, -0.15) is 0 Å². The fourth-order valence-electron chi connectivity index (χ4n) is 3.80. The summed E-state index contributed by atoms with van der Waals surface area (Å²) in [5.41, 5.74) is 4.65. The number of rotatable bonds is 5. The first-order valence-corrected chi connectivity index (χ1v) is 10.6. The zero-order valence-corrected chi connectivity index (χ0v) is 18.1. The number of quaternary nitrogens is 1. The predicted octanol–water partition coefficient (Wildman–Crippen LogP) is -1.43. The largest absolute Gasteiger partial charge is 0.354 e. The van der Waals surface area contributed by atoms with Crippen molar-refractivity contribution in [2.45, 2.75) is 31.8 Å². The molecule has 2 saturated heterocycles. The molecular weight excluding hydrogens is 416 g/mol. The van der Waals surface area contributed by atoms with Crippen LogP contribution in [0.2, 0.25) is 0 Å². The van der Waals surface area contributed by atoms with Crippen LogP contribution in [0, 0.1) is 0 Å². The van der Waals surface area contributed by atoms with Crippen LogP contribution in [-0.4, -0.2) is 84.1 Å². The highest BCUT2D eigenvalue weighted by Gasteiger charge is 2.38. The molecule has 1 aromatic rings. The van der Waals surface area contributed by atoms with Gasteiger partial charge in [-0.3, -0.25) is 19.2 Å². The fraction of sp³-hybridized carbons (Fsp3) is 0.476. The first kappa shape index (κ1) is 23.2. The maximum absolute atomic E-state index is 13.0. The van der Waals surface area contributed by atoms with Gasteiger partial charge in [0, 0.05) is 30.9 Å². The Labute approximate surface area is 185 Å². The van der Waals surface area contributed by atoms with Crippen molar-refractivity contribution in [2.75, 3.05) is 38.0 Å². The molecule has 6 N–H and O–H groups in total. The van der Waals surface area contributed by atoms with Gasteiger partial charge in [-0.25, -0.2) is 4.79 Å². The van der Waals surface area contributed by atoms with E-state index in [9.17, 15) is 24.0 Å². The number of benzene rings is 1. The molecule has 2 aliphatic rings. The van der Waals surface area contributed by atoms with E-state index in [4.69, 9.17) is 0 Å². The first-order valence-electron chi connectivity index (χ1n) is 10.6. The lowest BCUT2D eigenvalue weighted by atomic mass is 10.1. The van der Waals surface area contributed by atoms with Crippen molar-refractivity contribution in [3.63, 3.8) is 0 Å². The molecule has 0 radical (unpaired) electrons. The summed E-state index contributed by atoms with van der Waals surface area (Å²) < 4.78 is 0. The van der Waals surface area contributed by atoms with E-state index in [2.05, 4.69) is 21.7 Å². The molecule has 32 heavy (non-hydrogen) atoms. The summed E-state index contributed by atoms with van der Waals surface area (Å²) in [5.74, 6) is -1.09. The van der Waals surface area contributed by atoms with Crippen molar-refractivity contribution in [3.8, 4) is 0 Å². The van der Waals surface area contributed by atoms with Crippen molar-refractivity contribution in [2.24, 2.45) is 0 Å². The number of anilines is 1. The molecule has 1 aromatic carbocycles. The summed E-state index contributed by atoms with van der Waals surface area (Å²) >= 11 is 0. The lowest BCUT2D eigenvalue weighted by Gasteiger charge is -2.40. The van der Waals surface area contributed by atoms with Gasteiger partial charge in [-0.05, 0) is 44.0 Å². The zero-order chi connectivity index (χ0) is 23.3. The molecule has 2 heterocycles. The Kier molecular flexibility index (Phi) is 7.41. The molecule has 2 fully saturated rings. The van der Waals surface area contributed by atoms with Crippen molar-refractivity contribution >= 4 is 35.2 Å². The van der Waals surface area contributed by atoms with E-state index in [-0.39, 0.29) is 43.8 Å². The Morgan fingerprint density at radius 3 is 2.50 bits per heavy atom. The number of amides is 5. The normalized spacial score (nSPS) is 20.9. The number of hydrogen-bond donors (Lipinski definition) is 4. The van der Waals surface area contributed by atoms with Crippen LogP contribution in [0.5, 0.6) is 0 Å². The number of carbonyl (C=O) groups is 5. The molecule has 5 amide bonds. The first-order chi connectivity index (χ1) is 15.3. The van der Waals surface area contributed by atoms with E-state index in [0.717, 1.165) is 6.42 Å². The summed E-state index contributed by atoms with van der Waals surface area (Å²) in [6, 6.07) is 4.50. The van der Waals surface area contributed by atoms with Gasteiger partial charge >= 0.3 is 6.03 Å². The minimum Gasteiger partial charge on any atom is -0.354 e. The van der Waals surface area contributed by atoms with Crippen molar-refractivity contribution in [1.29, 1.82) is 0 Å². The fourth-order valence-corrected chi connectivity index (χ4v) is 3.80. The second kappa shape index (κ2) is 10.2. The highest BCUT2D eigenvalue weighted by molar-refractivity contribution is 5.96. The van der Waals surface area contributed by atoms with Crippen LogP contribution in [0.1, 0.15) is 30.1 Å². The van der Waals surface area contributed by atoms with Crippen LogP contribution in [0.25, 0.3) is 0 Å². The third-order valence-electron chi connectivity index (χ3n) is 5.65. The smallest absolute Gasteiger partial charge is 0.321 e. The standard InChI is InChI=1S/C21H28N6O5/c1-13(28)14-4-6-15(7-5-14)24-21(32)26-9-10-27(18(29)11-22)17(12-26)20(31)25-16-3-2-8-23-19(16)30/h4-7,16-17H,2-3,8-12,22H2,1H3,(H,23,30)(H,24,32)(H,25,31)/p+1/t16-,17+/m0/s1. The average molecular weight is 446 g/mol. The monoisotopic (exact) mass is 445 g/mol.